The Bertz CT molecular complexity index is 550. The molecule has 0 saturated carbocycles. The van der Waals surface area contributed by atoms with Crippen LogP contribution in [0.1, 0.15) is 45.1 Å². The summed E-state index contributed by atoms with van der Waals surface area (Å²) < 4.78 is 0. The van der Waals surface area contributed by atoms with E-state index < -0.39 is 0 Å². The Labute approximate surface area is 132 Å². The predicted molar refractivity (Wildman–Crippen MR) is 93.2 cm³/mol. The van der Waals surface area contributed by atoms with E-state index in [9.17, 15) is 0 Å². The highest BCUT2D eigenvalue weighted by Crippen LogP contribution is 2.21. The quantitative estimate of drug-likeness (QED) is 0.528. The van der Waals surface area contributed by atoms with Gasteiger partial charge < -0.3 is 10.3 Å². The summed E-state index contributed by atoms with van der Waals surface area (Å²) in [5.41, 5.74) is 3.49. The fourth-order valence-electron chi connectivity index (χ4n) is 2.38. The first-order valence-electron chi connectivity index (χ1n) is 8.01. The Balaban J connectivity index is 1.68. The Kier molecular flexibility index (Phi) is 6.58. The van der Waals surface area contributed by atoms with Crippen molar-refractivity contribution in [3.05, 3.63) is 23.8 Å². The molecular weight excluding hydrogens is 278 g/mol. The van der Waals surface area contributed by atoms with E-state index in [1.807, 2.05) is 11.8 Å². The molecule has 1 heterocycles. The highest BCUT2D eigenvalue weighted by Gasteiger charge is 2.04. The van der Waals surface area contributed by atoms with Crippen molar-refractivity contribution in [1.29, 1.82) is 0 Å². The maximum Gasteiger partial charge on any atom is 0.166 e. The summed E-state index contributed by atoms with van der Waals surface area (Å²) in [6.45, 7) is 7.74. The lowest BCUT2D eigenvalue weighted by molar-refractivity contribution is 0.496. The second-order valence-electron chi connectivity index (χ2n) is 5.76. The van der Waals surface area contributed by atoms with Gasteiger partial charge in [0, 0.05) is 11.8 Å². The fraction of sp³-hybridized carbons (Fsp3) is 0.588. The SMILES string of the molecule is CCCNC(C)CCCCSc1nc2ccc(C)cc2[nH]1. The van der Waals surface area contributed by atoms with Crippen LogP contribution in [0.4, 0.5) is 0 Å². The van der Waals surface area contributed by atoms with E-state index in [2.05, 4.69) is 54.3 Å². The molecule has 2 rings (SSSR count). The van der Waals surface area contributed by atoms with Crippen molar-refractivity contribution >= 4 is 22.8 Å². The van der Waals surface area contributed by atoms with Gasteiger partial charge in [-0.3, -0.25) is 0 Å². The molecule has 1 atom stereocenters. The minimum Gasteiger partial charge on any atom is -0.333 e. The van der Waals surface area contributed by atoms with Gasteiger partial charge in [0.2, 0.25) is 0 Å². The normalized spacial score (nSPS) is 12.9. The van der Waals surface area contributed by atoms with Crippen LogP contribution >= 0.6 is 11.8 Å². The van der Waals surface area contributed by atoms with Crippen molar-refractivity contribution in [2.45, 2.75) is 57.7 Å². The first kappa shape index (κ1) is 16.4. The number of H-pyrrole nitrogens is 1. The molecule has 2 aromatic rings. The van der Waals surface area contributed by atoms with Gasteiger partial charge in [0.25, 0.3) is 0 Å². The van der Waals surface area contributed by atoms with E-state index in [0.29, 0.717) is 6.04 Å². The van der Waals surface area contributed by atoms with Crippen LogP contribution in [0.5, 0.6) is 0 Å². The molecule has 21 heavy (non-hydrogen) atoms. The van der Waals surface area contributed by atoms with Gasteiger partial charge in [-0.05, 0) is 57.4 Å². The zero-order valence-corrected chi connectivity index (χ0v) is 14.2. The van der Waals surface area contributed by atoms with Crippen LogP contribution in [0.3, 0.4) is 0 Å². The van der Waals surface area contributed by atoms with Crippen LogP contribution in [0.2, 0.25) is 0 Å². The maximum atomic E-state index is 4.62. The van der Waals surface area contributed by atoms with Crippen molar-refractivity contribution in [2.24, 2.45) is 0 Å². The summed E-state index contributed by atoms with van der Waals surface area (Å²) >= 11 is 1.83. The Hall–Kier alpha value is -1.00. The van der Waals surface area contributed by atoms with Gasteiger partial charge in [0.15, 0.2) is 5.16 Å². The van der Waals surface area contributed by atoms with Crippen molar-refractivity contribution in [3.63, 3.8) is 0 Å². The summed E-state index contributed by atoms with van der Waals surface area (Å²) in [4.78, 5) is 8.03. The van der Waals surface area contributed by atoms with Crippen LogP contribution < -0.4 is 5.32 Å². The summed E-state index contributed by atoms with van der Waals surface area (Å²) in [5, 5.41) is 4.59. The molecule has 1 unspecified atom stereocenters. The number of unbranched alkanes of at least 4 members (excludes halogenated alkanes) is 1. The standard InChI is InChI=1S/C17H27N3S/c1-4-10-18-14(3)7-5-6-11-21-17-19-15-9-8-13(2)12-16(15)20-17/h8-9,12,14,18H,4-7,10-11H2,1-3H3,(H,19,20). The summed E-state index contributed by atoms with van der Waals surface area (Å²) in [6.07, 6.45) is 5.01. The zero-order valence-electron chi connectivity index (χ0n) is 13.4. The molecule has 116 valence electrons. The average Bonchev–Trinajstić information content (AvgIpc) is 2.86. The highest BCUT2D eigenvalue weighted by atomic mass is 32.2. The van der Waals surface area contributed by atoms with E-state index in [-0.39, 0.29) is 0 Å². The van der Waals surface area contributed by atoms with E-state index in [0.717, 1.165) is 28.5 Å². The lowest BCUT2D eigenvalue weighted by Crippen LogP contribution is -2.26. The molecular formula is C17H27N3S. The Morgan fingerprint density at radius 1 is 1.33 bits per heavy atom. The minimum atomic E-state index is 0.643. The topological polar surface area (TPSA) is 40.7 Å². The van der Waals surface area contributed by atoms with Crippen LogP contribution in [0.15, 0.2) is 23.4 Å². The number of fused-ring (bicyclic) bond motifs is 1. The number of nitrogens with zero attached hydrogens (tertiary/aromatic N) is 1. The lowest BCUT2D eigenvalue weighted by atomic mass is 10.1. The third-order valence-electron chi connectivity index (χ3n) is 3.63. The fourth-order valence-corrected chi connectivity index (χ4v) is 3.27. The summed E-state index contributed by atoms with van der Waals surface area (Å²) in [6, 6.07) is 7.01. The second-order valence-corrected chi connectivity index (χ2v) is 6.85. The van der Waals surface area contributed by atoms with Crippen molar-refractivity contribution < 1.29 is 0 Å². The lowest BCUT2D eigenvalue weighted by Gasteiger charge is -2.12. The smallest absolute Gasteiger partial charge is 0.166 e. The molecule has 1 aromatic carbocycles. The van der Waals surface area contributed by atoms with E-state index in [1.165, 1.54) is 31.2 Å². The van der Waals surface area contributed by atoms with Crippen LogP contribution in [0.25, 0.3) is 11.0 Å². The van der Waals surface area contributed by atoms with E-state index >= 15 is 0 Å². The number of imidazole rings is 1. The molecule has 0 saturated heterocycles. The number of aryl methyl sites for hydroxylation is 1. The van der Waals surface area contributed by atoms with Gasteiger partial charge in [0.1, 0.15) is 0 Å². The molecule has 0 spiro atoms. The number of hydrogen-bond acceptors (Lipinski definition) is 3. The van der Waals surface area contributed by atoms with Gasteiger partial charge in [-0.25, -0.2) is 4.98 Å². The average molecular weight is 305 g/mol. The zero-order chi connectivity index (χ0) is 15.1. The number of thioether (sulfide) groups is 1. The van der Waals surface area contributed by atoms with Crippen molar-refractivity contribution in [3.8, 4) is 0 Å². The van der Waals surface area contributed by atoms with Gasteiger partial charge in [0.05, 0.1) is 11.0 Å². The maximum absolute atomic E-state index is 4.62. The van der Waals surface area contributed by atoms with Gasteiger partial charge >= 0.3 is 0 Å². The van der Waals surface area contributed by atoms with Crippen LogP contribution in [-0.4, -0.2) is 28.3 Å². The summed E-state index contributed by atoms with van der Waals surface area (Å²) in [7, 11) is 0. The van der Waals surface area contributed by atoms with Gasteiger partial charge in [-0.2, -0.15) is 0 Å². The first-order chi connectivity index (χ1) is 10.2. The Morgan fingerprint density at radius 3 is 3.00 bits per heavy atom. The molecule has 4 heteroatoms. The molecule has 2 N–H and O–H groups in total. The van der Waals surface area contributed by atoms with Crippen LogP contribution in [-0.2, 0) is 0 Å². The summed E-state index contributed by atoms with van der Waals surface area (Å²) in [5.74, 6) is 1.14. The number of aromatic amines is 1. The van der Waals surface area contributed by atoms with E-state index in [1.54, 1.807) is 0 Å². The molecule has 1 aromatic heterocycles. The minimum absolute atomic E-state index is 0.643. The second kappa shape index (κ2) is 8.44. The van der Waals surface area contributed by atoms with Crippen LogP contribution in [0, 0.1) is 6.92 Å². The predicted octanol–water partition coefficient (Wildman–Crippen LogP) is 4.52. The number of hydrogen-bond donors (Lipinski definition) is 2. The number of benzene rings is 1. The Morgan fingerprint density at radius 2 is 2.19 bits per heavy atom. The molecule has 0 aliphatic carbocycles. The molecule has 0 radical (unpaired) electrons. The van der Waals surface area contributed by atoms with Crippen molar-refractivity contribution in [1.82, 2.24) is 15.3 Å². The third kappa shape index (κ3) is 5.36. The number of aromatic nitrogens is 2. The van der Waals surface area contributed by atoms with E-state index in [4.69, 9.17) is 0 Å². The number of nitrogens with one attached hydrogen (secondary N) is 2. The largest absolute Gasteiger partial charge is 0.333 e. The van der Waals surface area contributed by atoms with Gasteiger partial charge in [-0.15, -0.1) is 0 Å². The molecule has 0 bridgehead atoms. The van der Waals surface area contributed by atoms with Gasteiger partial charge in [-0.1, -0.05) is 31.2 Å². The molecule has 0 amide bonds. The van der Waals surface area contributed by atoms with Crippen molar-refractivity contribution in [2.75, 3.05) is 12.3 Å². The molecule has 0 aliphatic rings. The highest BCUT2D eigenvalue weighted by molar-refractivity contribution is 7.99. The number of rotatable bonds is 9. The first-order valence-corrected chi connectivity index (χ1v) is 9.00. The monoisotopic (exact) mass is 305 g/mol. The molecule has 0 aliphatic heterocycles. The third-order valence-corrected chi connectivity index (χ3v) is 4.59. The molecule has 3 nitrogen and oxygen atoms in total. The molecule has 0 fully saturated rings.